The Bertz CT molecular complexity index is 1440. The summed E-state index contributed by atoms with van der Waals surface area (Å²) in [5.41, 5.74) is 3.55. The maximum Gasteiger partial charge on any atom is 0.266 e. The third-order valence-electron chi connectivity index (χ3n) is 5.57. The number of nitrogens with one attached hydrogen (secondary N) is 1. The molecule has 4 rings (SSSR count). The van der Waals surface area contributed by atoms with Gasteiger partial charge in [-0.1, -0.05) is 80.5 Å². The number of fused-ring (bicyclic) bond motifs is 1. The molecule has 0 unspecified atom stereocenters. The molecule has 34 heavy (non-hydrogen) atoms. The summed E-state index contributed by atoms with van der Waals surface area (Å²) in [5.74, 6) is -0.0680. The minimum Gasteiger partial charge on any atom is -0.325 e. The Kier molecular flexibility index (Phi) is 6.82. The lowest BCUT2D eigenvalue weighted by Gasteiger charge is -2.23. The van der Waals surface area contributed by atoms with Crippen molar-refractivity contribution in [3.63, 3.8) is 0 Å². The van der Waals surface area contributed by atoms with Gasteiger partial charge in [0.25, 0.3) is 5.56 Å². The first-order chi connectivity index (χ1) is 16.2. The van der Waals surface area contributed by atoms with Crippen LogP contribution in [-0.2, 0) is 10.2 Å². The van der Waals surface area contributed by atoms with E-state index in [0.29, 0.717) is 26.8 Å². The maximum atomic E-state index is 13.5. The van der Waals surface area contributed by atoms with Gasteiger partial charge in [0.05, 0.1) is 22.3 Å². The van der Waals surface area contributed by atoms with E-state index >= 15 is 0 Å². The Morgan fingerprint density at radius 2 is 1.74 bits per heavy atom. The summed E-state index contributed by atoms with van der Waals surface area (Å²) in [6.07, 6.45) is 0. The van der Waals surface area contributed by atoms with Gasteiger partial charge in [0.15, 0.2) is 5.16 Å². The fourth-order valence-corrected chi connectivity index (χ4v) is 4.80. The van der Waals surface area contributed by atoms with E-state index in [-0.39, 0.29) is 22.6 Å². The van der Waals surface area contributed by atoms with Crippen LogP contribution >= 0.6 is 23.4 Å². The fourth-order valence-electron chi connectivity index (χ4n) is 3.82. The molecule has 5 nitrogen and oxygen atoms in total. The van der Waals surface area contributed by atoms with E-state index in [9.17, 15) is 9.59 Å². The first kappa shape index (κ1) is 24.0. The van der Waals surface area contributed by atoms with Crippen LogP contribution in [0.1, 0.15) is 31.9 Å². The van der Waals surface area contributed by atoms with Crippen LogP contribution in [0.3, 0.4) is 0 Å². The molecule has 0 bridgehead atoms. The summed E-state index contributed by atoms with van der Waals surface area (Å²) in [7, 11) is 0. The summed E-state index contributed by atoms with van der Waals surface area (Å²) in [4.78, 5) is 31.1. The molecule has 4 aromatic rings. The third-order valence-corrected chi connectivity index (χ3v) is 6.91. The van der Waals surface area contributed by atoms with Crippen LogP contribution in [0.5, 0.6) is 0 Å². The van der Waals surface area contributed by atoms with Crippen LogP contribution in [-0.4, -0.2) is 21.2 Å². The summed E-state index contributed by atoms with van der Waals surface area (Å²) in [6, 6.07) is 20.4. The zero-order valence-electron chi connectivity index (χ0n) is 19.6. The van der Waals surface area contributed by atoms with Crippen LogP contribution < -0.4 is 10.9 Å². The van der Waals surface area contributed by atoms with Gasteiger partial charge in [-0.3, -0.25) is 14.2 Å². The second-order valence-corrected chi connectivity index (χ2v) is 10.4. The van der Waals surface area contributed by atoms with E-state index in [1.165, 1.54) is 11.8 Å². The smallest absolute Gasteiger partial charge is 0.266 e. The minimum absolute atomic E-state index is 0.100. The quantitative estimate of drug-likeness (QED) is 0.260. The summed E-state index contributed by atoms with van der Waals surface area (Å²) >= 11 is 7.57. The molecule has 0 aliphatic heterocycles. The number of para-hydroxylation sites is 2. The van der Waals surface area contributed by atoms with Crippen LogP contribution in [0.4, 0.5) is 5.69 Å². The normalized spacial score (nSPS) is 11.6. The summed E-state index contributed by atoms with van der Waals surface area (Å²) < 4.78 is 1.55. The Morgan fingerprint density at radius 1 is 1.03 bits per heavy atom. The van der Waals surface area contributed by atoms with Crippen LogP contribution in [0.15, 0.2) is 76.7 Å². The van der Waals surface area contributed by atoms with Gasteiger partial charge < -0.3 is 5.32 Å². The molecule has 1 heterocycles. The lowest BCUT2D eigenvalue weighted by atomic mass is 9.86. The molecule has 3 aromatic carbocycles. The molecule has 1 amide bonds. The summed E-state index contributed by atoms with van der Waals surface area (Å²) in [6.45, 7) is 8.19. The van der Waals surface area contributed by atoms with Crippen molar-refractivity contribution in [2.24, 2.45) is 0 Å². The average molecular weight is 492 g/mol. The topological polar surface area (TPSA) is 64.0 Å². The molecule has 1 aromatic heterocycles. The highest BCUT2D eigenvalue weighted by Crippen LogP contribution is 2.30. The highest BCUT2D eigenvalue weighted by atomic mass is 35.5. The van der Waals surface area contributed by atoms with Crippen molar-refractivity contribution >= 4 is 45.9 Å². The van der Waals surface area contributed by atoms with Gasteiger partial charge in [-0.25, -0.2) is 4.98 Å². The van der Waals surface area contributed by atoms with Crippen molar-refractivity contribution in [3.8, 4) is 5.69 Å². The van der Waals surface area contributed by atoms with Gasteiger partial charge in [-0.05, 0) is 53.8 Å². The SMILES string of the molecule is Cc1c(Cl)cccc1-n1c(SCC(=O)Nc2ccccc2C(C)(C)C)nc2ccccc2c1=O. The molecule has 0 aliphatic rings. The molecule has 0 atom stereocenters. The molecule has 174 valence electrons. The van der Waals surface area contributed by atoms with E-state index in [2.05, 4.69) is 26.1 Å². The molecular formula is C27H26ClN3O2S. The van der Waals surface area contributed by atoms with Gasteiger partial charge in [0.1, 0.15) is 0 Å². The number of halogens is 1. The van der Waals surface area contributed by atoms with Gasteiger partial charge in [-0.2, -0.15) is 0 Å². The Morgan fingerprint density at radius 3 is 2.50 bits per heavy atom. The second kappa shape index (κ2) is 9.65. The van der Waals surface area contributed by atoms with Crippen molar-refractivity contribution in [2.45, 2.75) is 38.3 Å². The lowest BCUT2D eigenvalue weighted by Crippen LogP contribution is -2.24. The monoisotopic (exact) mass is 491 g/mol. The van der Waals surface area contributed by atoms with Gasteiger partial charge >= 0.3 is 0 Å². The Labute approximate surface area is 208 Å². The predicted molar refractivity (Wildman–Crippen MR) is 142 cm³/mol. The van der Waals surface area contributed by atoms with Crippen molar-refractivity contribution < 1.29 is 4.79 Å². The number of benzene rings is 3. The molecule has 0 fully saturated rings. The highest BCUT2D eigenvalue weighted by molar-refractivity contribution is 7.99. The van der Waals surface area contributed by atoms with E-state index < -0.39 is 0 Å². The van der Waals surface area contributed by atoms with Crippen LogP contribution in [0.25, 0.3) is 16.6 Å². The van der Waals surface area contributed by atoms with E-state index in [4.69, 9.17) is 16.6 Å². The molecule has 0 radical (unpaired) electrons. The number of anilines is 1. The molecule has 0 aliphatic carbocycles. The largest absolute Gasteiger partial charge is 0.325 e. The minimum atomic E-state index is -0.197. The Balaban J connectivity index is 1.70. The molecule has 0 saturated carbocycles. The number of hydrogen-bond acceptors (Lipinski definition) is 4. The number of carbonyl (C=O) groups excluding carboxylic acids is 1. The number of thioether (sulfide) groups is 1. The van der Waals surface area contributed by atoms with Crippen molar-refractivity contribution in [1.29, 1.82) is 0 Å². The Hall–Kier alpha value is -3.09. The van der Waals surface area contributed by atoms with E-state index in [1.54, 1.807) is 28.8 Å². The molecule has 0 saturated heterocycles. The second-order valence-electron chi connectivity index (χ2n) is 9.07. The van der Waals surface area contributed by atoms with E-state index in [0.717, 1.165) is 16.8 Å². The van der Waals surface area contributed by atoms with Crippen LogP contribution in [0.2, 0.25) is 5.02 Å². The number of carbonyl (C=O) groups is 1. The first-order valence-corrected chi connectivity index (χ1v) is 12.3. The molecule has 0 spiro atoms. The fraction of sp³-hybridized carbons (Fsp3) is 0.222. The molecule has 1 N–H and O–H groups in total. The average Bonchev–Trinajstić information content (AvgIpc) is 2.80. The number of nitrogens with zero attached hydrogens (tertiary/aromatic N) is 2. The molecular weight excluding hydrogens is 466 g/mol. The third kappa shape index (κ3) is 4.88. The highest BCUT2D eigenvalue weighted by Gasteiger charge is 2.20. The number of amides is 1. The van der Waals surface area contributed by atoms with Crippen molar-refractivity contribution in [2.75, 3.05) is 11.1 Å². The molecule has 7 heteroatoms. The van der Waals surface area contributed by atoms with Gasteiger partial charge in [0, 0.05) is 10.7 Å². The standard InChI is InChI=1S/C27H26ClN3O2S/c1-17-20(28)12-9-15-23(17)31-25(33)18-10-5-7-13-21(18)30-26(31)34-16-24(32)29-22-14-8-6-11-19(22)27(2,3)4/h5-15H,16H2,1-4H3,(H,29,32). The zero-order valence-corrected chi connectivity index (χ0v) is 21.1. The summed E-state index contributed by atoms with van der Waals surface area (Å²) in [5, 5.41) is 4.53. The van der Waals surface area contributed by atoms with Gasteiger partial charge in [-0.15, -0.1) is 0 Å². The van der Waals surface area contributed by atoms with Crippen molar-refractivity contribution in [3.05, 3.63) is 93.2 Å². The number of hydrogen-bond donors (Lipinski definition) is 1. The maximum absolute atomic E-state index is 13.5. The number of aromatic nitrogens is 2. The van der Waals surface area contributed by atoms with Crippen molar-refractivity contribution in [1.82, 2.24) is 9.55 Å². The van der Waals surface area contributed by atoms with Crippen LogP contribution in [0, 0.1) is 6.92 Å². The first-order valence-electron chi connectivity index (χ1n) is 11.0. The predicted octanol–water partition coefficient (Wildman–Crippen LogP) is 6.38. The van der Waals surface area contributed by atoms with E-state index in [1.807, 2.05) is 49.4 Å². The lowest BCUT2D eigenvalue weighted by molar-refractivity contribution is -0.113. The van der Waals surface area contributed by atoms with Gasteiger partial charge in [0.2, 0.25) is 5.91 Å². The zero-order chi connectivity index (χ0) is 24.5. The number of rotatable bonds is 5.